The Morgan fingerprint density at radius 2 is 0.722 bits per heavy atom. The number of ether oxygens (including phenoxy) is 4. The van der Waals surface area contributed by atoms with Crippen molar-refractivity contribution in [2.24, 2.45) is 0 Å². The summed E-state index contributed by atoms with van der Waals surface area (Å²) >= 11 is 0. The molecule has 0 spiro atoms. The second-order valence-electron chi connectivity index (χ2n) is 9.53. The van der Waals surface area contributed by atoms with Crippen LogP contribution in [-0.4, -0.2) is 28.4 Å². The Hall–Kier alpha value is -2.62. The van der Waals surface area contributed by atoms with E-state index < -0.39 is 0 Å². The summed E-state index contributed by atoms with van der Waals surface area (Å²) in [7, 11) is 6.82. The van der Waals surface area contributed by atoms with Crippen molar-refractivity contribution < 1.29 is 18.9 Å². The third-order valence-electron chi connectivity index (χ3n) is 6.66. The standard InChI is InChI=1S/C32H48O4/c1-33-29-21-27(22-30(25-29)34-2)19-17-15-13-11-9-7-5-6-8-10-12-14-16-18-20-28-23-31(35-3)26-32(24-28)36-4/h5-6,21-26H,7-20H2,1-4H3/b6-5-. The van der Waals surface area contributed by atoms with Crippen molar-refractivity contribution in [2.75, 3.05) is 28.4 Å². The molecule has 0 amide bonds. The number of unbranched alkanes of at least 4 members (excludes halogenated alkanes) is 10. The van der Waals surface area contributed by atoms with Crippen LogP contribution in [0.2, 0.25) is 0 Å². The van der Waals surface area contributed by atoms with E-state index in [2.05, 4.69) is 36.4 Å². The van der Waals surface area contributed by atoms with Crippen molar-refractivity contribution in [3.8, 4) is 23.0 Å². The van der Waals surface area contributed by atoms with Gasteiger partial charge in [0.15, 0.2) is 0 Å². The molecule has 0 aliphatic rings. The van der Waals surface area contributed by atoms with Gasteiger partial charge in [-0.2, -0.15) is 0 Å². The van der Waals surface area contributed by atoms with E-state index in [1.807, 2.05) is 12.1 Å². The van der Waals surface area contributed by atoms with E-state index in [1.165, 1.54) is 88.2 Å². The van der Waals surface area contributed by atoms with Gasteiger partial charge in [-0.3, -0.25) is 0 Å². The minimum Gasteiger partial charge on any atom is -0.497 e. The van der Waals surface area contributed by atoms with Gasteiger partial charge in [-0.15, -0.1) is 0 Å². The summed E-state index contributed by atoms with van der Waals surface area (Å²) in [5, 5.41) is 0. The van der Waals surface area contributed by atoms with Crippen LogP contribution in [-0.2, 0) is 12.8 Å². The van der Waals surface area contributed by atoms with Crippen molar-refractivity contribution in [2.45, 2.75) is 89.9 Å². The van der Waals surface area contributed by atoms with Gasteiger partial charge in [0, 0.05) is 12.1 Å². The quantitative estimate of drug-likeness (QED) is 0.136. The minimum atomic E-state index is 0.877. The molecular formula is C32H48O4. The van der Waals surface area contributed by atoms with Crippen LogP contribution in [0.15, 0.2) is 48.6 Å². The van der Waals surface area contributed by atoms with E-state index in [9.17, 15) is 0 Å². The fourth-order valence-electron chi connectivity index (χ4n) is 4.50. The number of benzene rings is 2. The smallest absolute Gasteiger partial charge is 0.122 e. The summed E-state index contributed by atoms with van der Waals surface area (Å²) in [5.41, 5.74) is 2.60. The third-order valence-corrected chi connectivity index (χ3v) is 6.66. The Labute approximate surface area is 220 Å². The molecule has 2 aromatic rings. The van der Waals surface area contributed by atoms with Crippen LogP contribution < -0.4 is 18.9 Å². The van der Waals surface area contributed by atoms with E-state index in [-0.39, 0.29) is 0 Å². The summed E-state index contributed by atoms with van der Waals surface area (Å²) in [5.74, 6) is 3.51. The molecule has 4 heteroatoms. The Bertz CT molecular complexity index is 758. The first kappa shape index (κ1) is 29.6. The van der Waals surface area contributed by atoms with Gasteiger partial charge >= 0.3 is 0 Å². The summed E-state index contributed by atoms with van der Waals surface area (Å²) < 4.78 is 21.4. The average molecular weight is 497 g/mol. The Balaban J connectivity index is 1.41. The summed E-state index contributed by atoms with van der Waals surface area (Å²) in [6.07, 6.45) is 22.3. The molecule has 0 atom stereocenters. The van der Waals surface area contributed by atoms with E-state index in [0.717, 1.165) is 35.8 Å². The van der Waals surface area contributed by atoms with Crippen LogP contribution in [0.1, 0.15) is 88.2 Å². The lowest BCUT2D eigenvalue weighted by Crippen LogP contribution is -1.92. The van der Waals surface area contributed by atoms with Crippen LogP contribution in [0.25, 0.3) is 0 Å². The van der Waals surface area contributed by atoms with E-state index in [0.29, 0.717) is 0 Å². The Kier molecular flexibility index (Phi) is 15.3. The molecule has 36 heavy (non-hydrogen) atoms. The predicted molar refractivity (Wildman–Crippen MR) is 151 cm³/mol. The molecule has 0 unspecified atom stereocenters. The summed E-state index contributed by atoms with van der Waals surface area (Å²) in [6.45, 7) is 0. The van der Waals surface area contributed by atoms with Crippen LogP contribution in [0.5, 0.6) is 23.0 Å². The summed E-state index contributed by atoms with van der Waals surface area (Å²) in [6, 6.07) is 12.3. The minimum absolute atomic E-state index is 0.877. The van der Waals surface area contributed by atoms with Gasteiger partial charge in [-0.1, -0.05) is 50.7 Å². The van der Waals surface area contributed by atoms with Crippen LogP contribution >= 0.6 is 0 Å². The molecule has 4 nitrogen and oxygen atoms in total. The Morgan fingerprint density at radius 1 is 0.417 bits per heavy atom. The number of methoxy groups -OCH3 is 4. The molecule has 2 rings (SSSR count). The number of hydrogen-bond donors (Lipinski definition) is 0. The second kappa shape index (κ2) is 18.6. The molecule has 0 aromatic heterocycles. The molecule has 2 aromatic carbocycles. The molecule has 0 saturated carbocycles. The SMILES string of the molecule is COc1cc(CCCCCCC/C=C\CCCCCCCc2cc(OC)cc(OC)c2)cc(OC)c1. The first-order chi connectivity index (χ1) is 17.7. The van der Waals surface area contributed by atoms with Crippen molar-refractivity contribution in [3.05, 3.63) is 59.7 Å². The van der Waals surface area contributed by atoms with Gasteiger partial charge in [-0.05, 0) is 86.8 Å². The monoisotopic (exact) mass is 496 g/mol. The Morgan fingerprint density at radius 3 is 1.06 bits per heavy atom. The highest BCUT2D eigenvalue weighted by Gasteiger charge is 2.03. The molecule has 0 N–H and O–H groups in total. The number of hydrogen-bond acceptors (Lipinski definition) is 4. The lowest BCUT2D eigenvalue weighted by atomic mass is 10.0. The van der Waals surface area contributed by atoms with Crippen LogP contribution in [0.3, 0.4) is 0 Å². The molecule has 0 saturated heterocycles. The number of rotatable bonds is 20. The van der Waals surface area contributed by atoms with Crippen LogP contribution in [0, 0.1) is 0 Å². The van der Waals surface area contributed by atoms with Gasteiger partial charge in [-0.25, -0.2) is 0 Å². The zero-order valence-corrected chi connectivity index (χ0v) is 23.2. The maximum atomic E-state index is 5.36. The first-order valence-electron chi connectivity index (χ1n) is 13.8. The van der Waals surface area contributed by atoms with E-state index in [1.54, 1.807) is 28.4 Å². The highest BCUT2D eigenvalue weighted by molar-refractivity contribution is 5.39. The highest BCUT2D eigenvalue weighted by atomic mass is 16.5. The maximum Gasteiger partial charge on any atom is 0.122 e. The van der Waals surface area contributed by atoms with Gasteiger partial charge in [0.2, 0.25) is 0 Å². The molecule has 0 aliphatic carbocycles. The first-order valence-corrected chi connectivity index (χ1v) is 13.8. The van der Waals surface area contributed by atoms with Crippen molar-refractivity contribution >= 4 is 0 Å². The highest BCUT2D eigenvalue weighted by Crippen LogP contribution is 2.25. The van der Waals surface area contributed by atoms with Crippen molar-refractivity contribution in [1.82, 2.24) is 0 Å². The molecular weight excluding hydrogens is 448 g/mol. The lowest BCUT2D eigenvalue weighted by molar-refractivity contribution is 0.393. The normalized spacial score (nSPS) is 11.1. The zero-order valence-electron chi connectivity index (χ0n) is 23.2. The predicted octanol–water partition coefficient (Wildman–Crippen LogP) is 8.74. The van der Waals surface area contributed by atoms with E-state index >= 15 is 0 Å². The topological polar surface area (TPSA) is 36.9 Å². The van der Waals surface area contributed by atoms with Gasteiger partial charge in [0.25, 0.3) is 0 Å². The van der Waals surface area contributed by atoms with Gasteiger partial charge < -0.3 is 18.9 Å². The third kappa shape index (κ3) is 12.4. The molecule has 0 fully saturated rings. The number of allylic oxidation sites excluding steroid dienone is 2. The van der Waals surface area contributed by atoms with Gasteiger partial charge in [0.05, 0.1) is 28.4 Å². The zero-order chi connectivity index (χ0) is 25.8. The summed E-state index contributed by atoms with van der Waals surface area (Å²) in [4.78, 5) is 0. The van der Waals surface area contributed by atoms with Crippen LogP contribution in [0.4, 0.5) is 0 Å². The van der Waals surface area contributed by atoms with Crippen molar-refractivity contribution in [3.63, 3.8) is 0 Å². The van der Waals surface area contributed by atoms with Crippen molar-refractivity contribution in [1.29, 1.82) is 0 Å². The lowest BCUT2D eigenvalue weighted by Gasteiger charge is -2.08. The maximum absolute atomic E-state index is 5.36. The largest absolute Gasteiger partial charge is 0.497 e. The average Bonchev–Trinajstić information content (AvgIpc) is 2.92. The molecule has 0 aliphatic heterocycles. The molecule has 0 bridgehead atoms. The fraction of sp³-hybridized carbons (Fsp3) is 0.562. The van der Waals surface area contributed by atoms with Gasteiger partial charge in [0.1, 0.15) is 23.0 Å². The molecule has 200 valence electrons. The second-order valence-corrected chi connectivity index (χ2v) is 9.53. The number of aryl methyl sites for hydroxylation is 2. The molecule has 0 radical (unpaired) electrons. The fourth-order valence-corrected chi connectivity index (χ4v) is 4.50. The van der Waals surface area contributed by atoms with E-state index in [4.69, 9.17) is 18.9 Å². The molecule has 0 heterocycles.